The van der Waals surface area contributed by atoms with Crippen LogP contribution in [0.15, 0.2) is 24.3 Å². The Morgan fingerprint density at radius 3 is 2.73 bits per heavy atom. The van der Waals surface area contributed by atoms with Crippen molar-refractivity contribution in [3.05, 3.63) is 35.6 Å². The fraction of sp³-hybridized carbons (Fsp3) is 0.588. The van der Waals surface area contributed by atoms with Crippen LogP contribution in [0.5, 0.6) is 0 Å². The third-order valence-corrected chi connectivity index (χ3v) is 4.42. The van der Waals surface area contributed by atoms with Crippen LogP contribution in [-0.2, 0) is 11.3 Å². The summed E-state index contributed by atoms with van der Waals surface area (Å²) < 4.78 is 13.2. The molecule has 1 aromatic rings. The maximum Gasteiger partial charge on any atom is 0.222 e. The van der Waals surface area contributed by atoms with Crippen LogP contribution in [-0.4, -0.2) is 30.9 Å². The van der Waals surface area contributed by atoms with Gasteiger partial charge in [0.2, 0.25) is 5.91 Å². The van der Waals surface area contributed by atoms with E-state index >= 15 is 0 Å². The molecule has 1 saturated heterocycles. The quantitative estimate of drug-likeness (QED) is 0.900. The molecule has 1 aliphatic rings. The summed E-state index contributed by atoms with van der Waals surface area (Å²) >= 11 is 0. The Balaban J connectivity index is 0.00000242. The highest BCUT2D eigenvalue weighted by Gasteiger charge is 2.23. The van der Waals surface area contributed by atoms with Gasteiger partial charge >= 0.3 is 0 Å². The first-order valence-corrected chi connectivity index (χ1v) is 7.75. The van der Waals surface area contributed by atoms with Crippen molar-refractivity contribution in [2.45, 2.75) is 32.7 Å². The third kappa shape index (κ3) is 5.58. The van der Waals surface area contributed by atoms with Crippen LogP contribution in [0.3, 0.4) is 0 Å². The summed E-state index contributed by atoms with van der Waals surface area (Å²) in [5, 5.41) is 3.35. The number of rotatable bonds is 5. The molecule has 0 spiro atoms. The summed E-state index contributed by atoms with van der Waals surface area (Å²) in [6.07, 6.45) is 2.89. The maximum atomic E-state index is 13.2. The van der Waals surface area contributed by atoms with E-state index in [2.05, 4.69) is 12.2 Å². The van der Waals surface area contributed by atoms with Crippen LogP contribution in [0.2, 0.25) is 0 Å². The molecule has 1 unspecified atom stereocenters. The minimum absolute atomic E-state index is 0. The fourth-order valence-electron chi connectivity index (χ4n) is 3.01. The monoisotopic (exact) mass is 328 g/mol. The van der Waals surface area contributed by atoms with E-state index in [1.165, 1.54) is 12.1 Å². The van der Waals surface area contributed by atoms with Crippen molar-refractivity contribution in [2.75, 3.05) is 20.1 Å². The minimum Gasteiger partial charge on any atom is -0.341 e. The number of nitrogens with one attached hydrogen (secondary N) is 1. The smallest absolute Gasteiger partial charge is 0.222 e. The Morgan fingerprint density at radius 1 is 1.41 bits per heavy atom. The molecule has 5 heteroatoms. The highest BCUT2D eigenvalue weighted by molar-refractivity contribution is 5.85. The van der Waals surface area contributed by atoms with Gasteiger partial charge in [-0.25, -0.2) is 4.39 Å². The molecular formula is C17H26ClFN2O. The van der Waals surface area contributed by atoms with Crippen molar-refractivity contribution in [1.29, 1.82) is 0 Å². The largest absolute Gasteiger partial charge is 0.341 e. The summed E-state index contributed by atoms with van der Waals surface area (Å²) in [6.45, 7) is 4.75. The summed E-state index contributed by atoms with van der Waals surface area (Å²) in [6, 6.07) is 6.44. The molecule has 1 N–H and O–H groups in total. The van der Waals surface area contributed by atoms with Gasteiger partial charge in [-0.2, -0.15) is 0 Å². The molecule has 2 rings (SSSR count). The van der Waals surface area contributed by atoms with E-state index in [1.807, 2.05) is 6.07 Å². The van der Waals surface area contributed by atoms with Gasteiger partial charge in [-0.1, -0.05) is 19.1 Å². The Hall–Kier alpha value is -1.13. The van der Waals surface area contributed by atoms with Crippen LogP contribution >= 0.6 is 12.4 Å². The second-order valence-corrected chi connectivity index (χ2v) is 6.15. The Bertz CT molecular complexity index is 477. The molecule has 124 valence electrons. The number of carbonyl (C=O) groups excluding carboxylic acids is 1. The first-order chi connectivity index (χ1) is 10.1. The minimum atomic E-state index is -0.253. The predicted molar refractivity (Wildman–Crippen MR) is 89.5 cm³/mol. The summed E-state index contributed by atoms with van der Waals surface area (Å²) in [5.74, 6) is 0.939. The van der Waals surface area contributed by atoms with Gasteiger partial charge in [0.1, 0.15) is 5.82 Å². The molecule has 1 amide bonds. The van der Waals surface area contributed by atoms with Gasteiger partial charge in [0.05, 0.1) is 0 Å². The molecule has 1 heterocycles. The van der Waals surface area contributed by atoms with Crippen LogP contribution in [0, 0.1) is 17.7 Å². The zero-order valence-electron chi connectivity index (χ0n) is 13.3. The number of carbonyl (C=O) groups is 1. The Kier molecular flexibility index (Phi) is 7.83. The van der Waals surface area contributed by atoms with Crippen molar-refractivity contribution in [3.8, 4) is 0 Å². The van der Waals surface area contributed by atoms with E-state index < -0.39 is 0 Å². The topological polar surface area (TPSA) is 32.3 Å². The molecular weight excluding hydrogens is 303 g/mol. The second-order valence-electron chi connectivity index (χ2n) is 6.15. The standard InChI is InChI=1S/C17H25FN2O.ClH/c1-13(15-6-8-19-9-7-15)10-17(21)20(2)12-14-4-3-5-16(18)11-14;/h3-5,11,13,15,19H,6-10,12H2,1-2H3;1H. The van der Waals surface area contributed by atoms with Crippen molar-refractivity contribution in [3.63, 3.8) is 0 Å². The number of amides is 1. The summed E-state index contributed by atoms with van der Waals surface area (Å²) in [7, 11) is 1.79. The maximum absolute atomic E-state index is 13.2. The van der Waals surface area contributed by atoms with Crippen LogP contribution < -0.4 is 5.32 Å². The number of piperidine rings is 1. The summed E-state index contributed by atoms with van der Waals surface area (Å²) in [4.78, 5) is 14.0. The number of nitrogens with zero attached hydrogens (tertiary/aromatic N) is 1. The molecule has 0 aromatic heterocycles. The average molecular weight is 329 g/mol. The number of halogens is 2. The molecule has 22 heavy (non-hydrogen) atoms. The van der Waals surface area contributed by atoms with Crippen molar-refractivity contribution in [2.24, 2.45) is 11.8 Å². The molecule has 1 atom stereocenters. The van der Waals surface area contributed by atoms with Crippen molar-refractivity contribution < 1.29 is 9.18 Å². The Labute approximate surface area is 138 Å². The first kappa shape index (κ1) is 18.9. The lowest BCUT2D eigenvalue weighted by Gasteiger charge is -2.29. The molecule has 0 saturated carbocycles. The van der Waals surface area contributed by atoms with Gasteiger partial charge in [-0.3, -0.25) is 4.79 Å². The lowest BCUT2D eigenvalue weighted by molar-refractivity contribution is -0.131. The third-order valence-electron chi connectivity index (χ3n) is 4.42. The molecule has 1 aliphatic heterocycles. The number of benzene rings is 1. The molecule has 3 nitrogen and oxygen atoms in total. The number of hydrogen-bond donors (Lipinski definition) is 1. The van der Waals surface area contributed by atoms with Crippen molar-refractivity contribution in [1.82, 2.24) is 10.2 Å². The van der Waals surface area contributed by atoms with Gasteiger partial charge in [0.25, 0.3) is 0 Å². The van der Waals surface area contributed by atoms with Gasteiger partial charge in [0.15, 0.2) is 0 Å². The van der Waals surface area contributed by atoms with Crippen LogP contribution in [0.1, 0.15) is 31.7 Å². The average Bonchev–Trinajstić information content (AvgIpc) is 2.48. The SMILES string of the molecule is CC(CC(=O)N(C)Cc1cccc(F)c1)C1CCNCC1.Cl. The van der Waals surface area contributed by atoms with E-state index in [9.17, 15) is 9.18 Å². The van der Waals surface area contributed by atoms with E-state index in [-0.39, 0.29) is 24.1 Å². The highest BCUT2D eigenvalue weighted by atomic mass is 35.5. The van der Waals surface area contributed by atoms with Gasteiger partial charge in [0, 0.05) is 20.0 Å². The molecule has 0 bridgehead atoms. The first-order valence-electron chi connectivity index (χ1n) is 7.75. The molecule has 1 fully saturated rings. The lowest BCUT2D eigenvalue weighted by Crippen LogP contribution is -2.34. The van der Waals surface area contributed by atoms with Crippen molar-refractivity contribution >= 4 is 18.3 Å². The summed E-state index contributed by atoms with van der Waals surface area (Å²) in [5.41, 5.74) is 0.834. The zero-order valence-corrected chi connectivity index (χ0v) is 14.2. The van der Waals surface area contributed by atoms with Crippen LogP contribution in [0.4, 0.5) is 4.39 Å². The van der Waals surface area contributed by atoms with Gasteiger partial charge < -0.3 is 10.2 Å². The van der Waals surface area contributed by atoms with E-state index in [0.29, 0.717) is 24.8 Å². The number of hydrogen-bond acceptors (Lipinski definition) is 2. The van der Waals surface area contributed by atoms with Gasteiger partial charge in [-0.15, -0.1) is 12.4 Å². The zero-order chi connectivity index (χ0) is 15.2. The fourth-order valence-corrected chi connectivity index (χ4v) is 3.01. The lowest BCUT2D eigenvalue weighted by atomic mass is 9.84. The van der Waals surface area contributed by atoms with Gasteiger partial charge in [-0.05, 0) is 55.5 Å². The highest BCUT2D eigenvalue weighted by Crippen LogP contribution is 2.25. The molecule has 1 aromatic carbocycles. The predicted octanol–water partition coefficient (Wildman–Crippen LogP) is 3.23. The normalized spacial score (nSPS) is 16.7. The van der Waals surface area contributed by atoms with E-state index in [0.717, 1.165) is 31.5 Å². The molecule has 0 aliphatic carbocycles. The molecule has 0 radical (unpaired) electrons. The van der Waals surface area contributed by atoms with E-state index in [1.54, 1.807) is 18.0 Å². The Morgan fingerprint density at radius 2 is 2.09 bits per heavy atom. The van der Waals surface area contributed by atoms with Crippen LogP contribution in [0.25, 0.3) is 0 Å². The second kappa shape index (κ2) is 9.11. The van der Waals surface area contributed by atoms with E-state index in [4.69, 9.17) is 0 Å².